The quantitative estimate of drug-likeness (QED) is 0.771. The molecule has 0 fully saturated rings. The van der Waals surface area contributed by atoms with Crippen molar-refractivity contribution in [2.75, 3.05) is 0 Å². The minimum atomic E-state index is -0.112. The summed E-state index contributed by atoms with van der Waals surface area (Å²) in [4.78, 5) is 20.2. The van der Waals surface area contributed by atoms with Crippen molar-refractivity contribution in [1.82, 2.24) is 19.7 Å². The first-order valence-corrected chi connectivity index (χ1v) is 5.93. The third-order valence-corrected chi connectivity index (χ3v) is 2.83. The van der Waals surface area contributed by atoms with Crippen molar-refractivity contribution in [3.63, 3.8) is 0 Å². The van der Waals surface area contributed by atoms with E-state index in [1.807, 2.05) is 28.8 Å². The molecule has 5 heteroatoms. The first kappa shape index (κ1) is 11.4. The second-order valence-corrected chi connectivity index (χ2v) is 4.15. The van der Waals surface area contributed by atoms with Crippen LogP contribution < -0.4 is 5.32 Å². The number of fused-ring (bicyclic) bond motifs is 1. The molecular weight excluding hydrogens is 240 g/mol. The molecule has 0 aliphatic heterocycles. The van der Waals surface area contributed by atoms with Crippen molar-refractivity contribution in [2.45, 2.75) is 6.54 Å². The van der Waals surface area contributed by atoms with Gasteiger partial charge >= 0.3 is 0 Å². The number of rotatable bonds is 3. The van der Waals surface area contributed by atoms with Gasteiger partial charge in [0.15, 0.2) is 0 Å². The van der Waals surface area contributed by atoms with Gasteiger partial charge in [0, 0.05) is 37.5 Å². The van der Waals surface area contributed by atoms with Crippen LogP contribution in [0.4, 0.5) is 0 Å². The molecule has 19 heavy (non-hydrogen) atoms. The van der Waals surface area contributed by atoms with Gasteiger partial charge in [-0.15, -0.1) is 0 Å². The summed E-state index contributed by atoms with van der Waals surface area (Å²) in [7, 11) is 0. The highest BCUT2D eigenvalue weighted by Crippen LogP contribution is 2.05. The zero-order valence-corrected chi connectivity index (χ0v) is 10.2. The standard InChI is InChI=1S/C14H12N4O/c19-14(17-9-11-2-1-5-15-8-11)12-3-4-13-16-6-7-18(13)10-12/h1-8,10H,9H2,(H,17,19). The lowest BCUT2D eigenvalue weighted by Crippen LogP contribution is -2.23. The molecule has 0 unspecified atom stereocenters. The Morgan fingerprint density at radius 3 is 3.05 bits per heavy atom. The van der Waals surface area contributed by atoms with Gasteiger partial charge in [-0.2, -0.15) is 0 Å². The number of nitrogens with zero attached hydrogens (tertiary/aromatic N) is 3. The summed E-state index contributed by atoms with van der Waals surface area (Å²) in [5.74, 6) is -0.112. The number of amides is 1. The monoisotopic (exact) mass is 252 g/mol. The summed E-state index contributed by atoms with van der Waals surface area (Å²) < 4.78 is 1.82. The highest BCUT2D eigenvalue weighted by Gasteiger charge is 2.06. The zero-order chi connectivity index (χ0) is 13.1. The molecule has 3 aromatic heterocycles. The lowest BCUT2D eigenvalue weighted by atomic mass is 10.2. The predicted octanol–water partition coefficient (Wildman–Crippen LogP) is 1.66. The number of hydrogen-bond donors (Lipinski definition) is 1. The van der Waals surface area contributed by atoms with Crippen LogP contribution >= 0.6 is 0 Å². The second kappa shape index (κ2) is 4.89. The maximum Gasteiger partial charge on any atom is 0.253 e. The Morgan fingerprint density at radius 2 is 2.21 bits per heavy atom. The van der Waals surface area contributed by atoms with E-state index < -0.39 is 0 Å². The number of carbonyl (C=O) groups excluding carboxylic acids is 1. The number of imidazole rings is 1. The fourth-order valence-corrected chi connectivity index (χ4v) is 1.84. The molecule has 3 aromatic rings. The van der Waals surface area contributed by atoms with E-state index in [0.717, 1.165) is 11.2 Å². The predicted molar refractivity (Wildman–Crippen MR) is 70.6 cm³/mol. The topological polar surface area (TPSA) is 59.3 Å². The molecule has 1 amide bonds. The van der Waals surface area contributed by atoms with Crippen LogP contribution in [0.2, 0.25) is 0 Å². The number of nitrogens with one attached hydrogen (secondary N) is 1. The molecule has 3 heterocycles. The van der Waals surface area contributed by atoms with Gasteiger partial charge in [-0.25, -0.2) is 4.98 Å². The van der Waals surface area contributed by atoms with Gasteiger partial charge in [-0.05, 0) is 23.8 Å². The van der Waals surface area contributed by atoms with Crippen molar-refractivity contribution >= 4 is 11.6 Å². The van der Waals surface area contributed by atoms with E-state index in [2.05, 4.69) is 15.3 Å². The van der Waals surface area contributed by atoms with E-state index in [9.17, 15) is 4.79 Å². The highest BCUT2D eigenvalue weighted by molar-refractivity contribution is 5.94. The van der Waals surface area contributed by atoms with Gasteiger partial charge in [0.1, 0.15) is 5.65 Å². The van der Waals surface area contributed by atoms with E-state index in [0.29, 0.717) is 12.1 Å². The Balaban J connectivity index is 1.73. The van der Waals surface area contributed by atoms with Crippen LogP contribution in [-0.4, -0.2) is 20.3 Å². The lowest BCUT2D eigenvalue weighted by Gasteiger charge is -2.05. The Kier molecular flexibility index (Phi) is 2.94. The van der Waals surface area contributed by atoms with Crippen LogP contribution in [0.1, 0.15) is 15.9 Å². The normalized spacial score (nSPS) is 10.5. The van der Waals surface area contributed by atoms with Gasteiger partial charge < -0.3 is 9.72 Å². The maximum absolute atomic E-state index is 12.0. The molecule has 0 aromatic carbocycles. The summed E-state index contributed by atoms with van der Waals surface area (Å²) in [6.45, 7) is 0.467. The molecule has 5 nitrogen and oxygen atoms in total. The molecule has 0 aliphatic rings. The molecule has 0 bridgehead atoms. The Labute approximate surface area is 109 Å². The van der Waals surface area contributed by atoms with Gasteiger partial charge in [-0.1, -0.05) is 6.07 Å². The minimum Gasteiger partial charge on any atom is -0.348 e. The van der Waals surface area contributed by atoms with Crippen LogP contribution in [0, 0.1) is 0 Å². The van der Waals surface area contributed by atoms with Crippen molar-refractivity contribution in [1.29, 1.82) is 0 Å². The molecule has 3 rings (SSSR count). The van der Waals surface area contributed by atoms with Crippen molar-refractivity contribution in [3.8, 4) is 0 Å². The number of hydrogen-bond acceptors (Lipinski definition) is 3. The van der Waals surface area contributed by atoms with E-state index in [1.165, 1.54) is 0 Å². The van der Waals surface area contributed by atoms with Crippen LogP contribution in [0.25, 0.3) is 5.65 Å². The summed E-state index contributed by atoms with van der Waals surface area (Å²) >= 11 is 0. The SMILES string of the molecule is O=C(NCc1cccnc1)c1ccc2nccn2c1. The van der Waals surface area contributed by atoms with E-state index in [-0.39, 0.29) is 5.91 Å². The fourth-order valence-electron chi connectivity index (χ4n) is 1.84. The Bertz CT molecular complexity index is 706. The molecule has 94 valence electrons. The lowest BCUT2D eigenvalue weighted by molar-refractivity contribution is 0.0950. The van der Waals surface area contributed by atoms with Crippen molar-refractivity contribution in [2.24, 2.45) is 0 Å². The van der Waals surface area contributed by atoms with Gasteiger partial charge in [0.2, 0.25) is 0 Å². The highest BCUT2D eigenvalue weighted by atomic mass is 16.1. The summed E-state index contributed by atoms with van der Waals surface area (Å²) in [6, 6.07) is 7.35. The summed E-state index contributed by atoms with van der Waals surface area (Å²) in [5.41, 5.74) is 2.40. The van der Waals surface area contributed by atoms with Gasteiger partial charge in [0.05, 0.1) is 5.56 Å². The third-order valence-electron chi connectivity index (χ3n) is 2.83. The van der Waals surface area contributed by atoms with E-state index in [1.54, 1.807) is 30.9 Å². The first-order chi connectivity index (χ1) is 9.33. The molecule has 0 saturated carbocycles. The maximum atomic E-state index is 12.0. The minimum absolute atomic E-state index is 0.112. The zero-order valence-electron chi connectivity index (χ0n) is 10.2. The molecular formula is C14H12N4O. The third kappa shape index (κ3) is 2.44. The van der Waals surface area contributed by atoms with Crippen LogP contribution in [0.15, 0.2) is 55.2 Å². The average molecular weight is 252 g/mol. The Hall–Kier alpha value is -2.69. The average Bonchev–Trinajstić information content (AvgIpc) is 2.93. The summed E-state index contributed by atoms with van der Waals surface area (Å²) in [6.07, 6.45) is 8.72. The van der Waals surface area contributed by atoms with Crippen molar-refractivity contribution in [3.05, 3.63) is 66.4 Å². The number of carbonyl (C=O) groups is 1. The molecule has 0 radical (unpaired) electrons. The molecule has 0 atom stereocenters. The molecule has 0 spiro atoms. The van der Waals surface area contributed by atoms with E-state index >= 15 is 0 Å². The van der Waals surface area contributed by atoms with Crippen LogP contribution in [0.3, 0.4) is 0 Å². The van der Waals surface area contributed by atoms with Crippen LogP contribution in [0.5, 0.6) is 0 Å². The molecule has 0 aliphatic carbocycles. The number of aromatic nitrogens is 3. The fraction of sp³-hybridized carbons (Fsp3) is 0.0714. The smallest absolute Gasteiger partial charge is 0.253 e. The number of pyridine rings is 2. The second-order valence-electron chi connectivity index (χ2n) is 4.15. The van der Waals surface area contributed by atoms with Gasteiger partial charge in [-0.3, -0.25) is 9.78 Å². The van der Waals surface area contributed by atoms with Crippen LogP contribution in [-0.2, 0) is 6.54 Å². The first-order valence-electron chi connectivity index (χ1n) is 5.93. The summed E-state index contributed by atoms with van der Waals surface area (Å²) in [5, 5.41) is 2.86. The van der Waals surface area contributed by atoms with Gasteiger partial charge in [0.25, 0.3) is 5.91 Å². The Morgan fingerprint density at radius 1 is 1.26 bits per heavy atom. The molecule has 0 saturated heterocycles. The van der Waals surface area contributed by atoms with E-state index in [4.69, 9.17) is 0 Å². The molecule has 1 N–H and O–H groups in total. The van der Waals surface area contributed by atoms with Crippen molar-refractivity contribution < 1.29 is 4.79 Å². The largest absolute Gasteiger partial charge is 0.348 e.